The van der Waals surface area contributed by atoms with Crippen LogP contribution in [-0.2, 0) is 10.0 Å². The van der Waals surface area contributed by atoms with E-state index in [1.807, 2.05) is 19.9 Å². The van der Waals surface area contributed by atoms with Gasteiger partial charge >= 0.3 is 0 Å². The molecule has 2 atom stereocenters. The van der Waals surface area contributed by atoms with Crippen LogP contribution in [0.15, 0.2) is 29.2 Å². The van der Waals surface area contributed by atoms with Crippen LogP contribution >= 0.6 is 0 Å². The Morgan fingerprint density at radius 1 is 1.44 bits per heavy atom. The van der Waals surface area contributed by atoms with Crippen molar-refractivity contribution in [3.63, 3.8) is 0 Å². The van der Waals surface area contributed by atoms with Gasteiger partial charge in [0.05, 0.1) is 4.90 Å². The standard InChI is InChI=1S/C13H20N2O2S/c1-10-4-3-5-13(8-10)18(16,17)15-11(2)12-6-7-14-9-12/h3-5,8,11-12,14-15H,6-7,9H2,1-2H3. The molecule has 100 valence electrons. The molecule has 0 amide bonds. The fourth-order valence-electron chi connectivity index (χ4n) is 2.30. The summed E-state index contributed by atoms with van der Waals surface area (Å²) in [7, 11) is -3.40. The van der Waals surface area contributed by atoms with E-state index in [1.165, 1.54) is 0 Å². The molecule has 0 saturated carbocycles. The molecule has 5 heteroatoms. The van der Waals surface area contributed by atoms with Crippen molar-refractivity contribution >= 4 is 10.0 Å². The van der Waals surface area contributed by atoms with Crippen LogP contribution in [0.25, 0.3) is 0 Å². The van der Waals surface area contributed by atoms with Gasteiger partial charge in [0.15, 0.2) is 0 Å². The molecule has 0 bridgehead atoms. The molecule has 1 fully saturated rings. The van der Waals surface area contributed by atoms with Crippen LogP contribution in [0.4, 0.5) is 0 Å². The summed E-state index contributed by atoms with van der Waals surface area (Å²) in [5.41, 5.74) is 0.952. The molecule has 0 spiro atoms. The van der Waals surface area contributed by atoms with E-state index >= 15 is 0 Å². The number of benzene rings is 1. The van der Waals surface area contributed by atoms with Crippen molar-refractivity contribution in [3.05, 3.63) is 29.8 Å². The third-order valence-electron chi connectivity index (χ3n) is 3.45. The Hall–Kier alpha value is -0.910. The highest BCUT2D eigenvalue weighted by molar-refractivity contribution is 7.89. The third kappa shape index (κ3) is 3.10. The van der Waals surface area contributed by atoms with Gasteiger partial charge in [-0.25, -0.2) is 13.1 Å². The first-order valence-corrected chi connectivity index (χ1v) is 7.77. The molecule has 2 N–H and O–H groups in total. The molecule has 2 rings (SSSR count). The SMILES string of the molecule is Cc1cccc(S(=O)(=O)NC(C)C2CCNC2)c1. The van der Waals surface area contributed by atoms with Gasteiger partial charge in [0, 0.05) is 6.04 Å². The Balaban J connectivity index is 2.11. The normalized spacial score (nSPS) is 22.0. The fourth-order valence-corrected chi connectivity index (χ4v) is 3.71. The minimum atomic E-state index is -3.40. The van der Waals surface area contributed by atoms with Crippen LogP contribution in [0.3, 0.4) is 0 Å². The van der Waals surface area contributed by atoms with E-state index < -0.39 is 10.0 Å². The van der Waals surface area contributed by atoms with Gasteiger partial charge in [-0.15, -0.1) is 0 Å². The van der Waals surface area contributed by atoms with Crippen molar-refractivity contribution in [2.75, 3.05) is 13.1 Å². The summed E-state index contributed by atoms with van der Waals surface area (Å²) in [5, 5.41) is 3.25. The predicted octanol–water partition coefficient (Wildman–Crippen LogP) is 1.27. The third-order valence-corrected chi connectivity index (χ3v) is 5.00. The Labute approximate surface area is 109 Å². The summed E-state index contributed by atoms with van der Waals surface area (Å²) in [6.45, 7) is 5.69. The first-order chi connectivity index (χ1) is 8.49. The van der Waals surface area contributed by atoms with Crippen molar-refractivity contribution < 1.29 is 8.42 Å². The van der Waals surface area contributed by atoms with E-state index in [0.717, 1.165) is 25.1 Å². The van der Waals surface area contributed by atoms with Crippen LogP contribution in [0.5, 0.6) is 0 Å². The summed E-state index contributed by atoms with van der Waals surface area (Å²) in [6, 6.07) is 6.96. The van der Waals surface area contributed by atoms with E-state index in [-0.39, 0.29) is 6.04 Å². The maximum absolute atomic E-state index is 12.2. The van der Waals surface area contributed by atoms with E-state index in [1.54, 1.807) is 18.2 Å². The molecule has 4 nitrogen and oxygen atoms in total. The van der Waals surface area contributed by atoms with Gasteiger partial charge in [0.1, 0.15) is 0 Å². The zero-order chi connectivity index (χ0) is 13.2. The highest BCUT2D eigenvalue weighted by Gasteiger charge is 2.25. The molecule has 2 unspecified atom stereocenters. The quantitative estimate of drug-likeness (QED) is 0.864. The van der Waals surface area contributed by atoms with Crippen molar-refractivity contribution in [1.29, 1.82) is 0 Å². The molecule has 0 radical (unpaired) electrons. The summed E-state index contributed by atoms with van der Waals surface area (Å²) in [4.78, 5) is 0.348. The molecular formula is C13H20N2O2S. The Kier molecular flexibility index (Phi) is 4.04. The lowest BCUT2D eigenvalue weighted by Gasteiger charge is -2.19. The molecule has 1 aliphatic rings. The van der Waals surface area contributed by atoms with Crippen molar-refractivity contribution in [2.45, 2.75) is 31.2 Å². The number of aryl methyl sites for hydroxylation is 1. The van der Waals surface area contributed by atoms with Crippen LogP contribution < -0.4 is 10.0 Å². The van der Waals surface area contributed by atoms with E-state index in [9.17, 15) is 8.42 Å². The van der Waals surface area contributed by atoms with E-state index in [0.29, 0.717) is 10.8 Å². The van der Waals surface area contributed by atoms with Gasteiger partial charge in [-0.3, -0.25) is 0 Å². The number of sulfonamides is 1. The van der Waals surface area contributed by atoms with Crippen LogP contribution in [0, 0.1) is 12.8 Å². The second kappa shape index (κ2) is 5.38. The molecule has 0 aliphatic carbocycles. The van der Waals surface area contributed by atoms with Gasteiger partial charge in [0.2, 0.25) is 10.0 Å². The largest absolute Gasteiger partial charge is 0.316 e. The highest BCUT2D eigenvalue weighted by atomic mass is 32.2. The molecule has 1 heterocycles. The minimum absolute atomic E-state index is 0.0366. The Morgan fingerprint density at radius 3 is 2.83 bits per heavy atom. The van der Waals surface area contributed by atoms with E-state index in [2.05, 4.69) is 10.0 Å². The molecule has 1 aromatic rings. The predicted molar refractivity (Wildman–Crippen MR) is 71.9 cm³/mol. The summed E-state index contributed by atoms with van der Waals surface area (Å²) in [6.07, 6.45) is 1.03. The Bertz CT molecular complexity index is 507. The number of hydrogen-bond donors (Lipinski definition) is 2. The average Bonchev–Trinajstić information content (AvgIpc) is 2.82. The smallest absolute Gasteiger partial charge is 0.240 e. The molecule has 1 saturated heterocycles. The lowest BCUT2D eigenvalue weighted by molar-refractivity contribution is 0.444. The van der Waals surface area contributed by atoms with Crippen LogP contribution in [-0.4, -0.2) is 27.5 Å². The van der Waals surface area contributed by atoms with Crippen molar-refractivity contribution in [2.24, 2.45) is 5.92 Å². The van der Waals surface area contributed by atoms with Crippen molar-refractivity contribution in [1.82, 2.24) is 10.0 Å². The minimum Gasteiger partial charge on any atom is -0.316 e. The Morgan fingerprint density at radius 2 is 2.22 bits per heavy atom. The number of hydrogen-bond acceptors (Lipinski definition) is 3. The second-order valence-electron chi connectivity index (χ2n) is 4.98. The molecule has 18 heavy (non-hydrogen) atoms. The number of nitrogens with one attached hydrogen (secondary N) is 2. The molecular weight excluding hydrogens is 248 g/mol. The van der Waals surface area contributed by atoms with Gasteiger partial charge < -0.3 is 5.32 Å². The molecule has 1 aliphatic heterocycles. The van der Waals surface area contributed by atoms with Crippen LogP contribution in [0.1, 0.15) is 18.9 Å². The lowest BCUT2D eigenvalue weighted by Crippen LogP contribution is -2.38. The summed E-state index contributed by atoms with van der Waals surface area (Å²) >= 11 is 0. The second-order valence-corrected chi connectivity index (χ2v) is 6.69. The summed E-state index contributed by atoms with van der Waals surface area (Å²) in [5.74, 6) is 0.379. The monoisotopic (exact) mass is 268 g/mol. The maximum Gasteiger partial charge on any atom is 0.240 e. The number of rotatable bonds is 4. The molecule has 0 aromatic heterocycles. The van der Waals surface area contributed by atoms with Gasteiger partial charge in [-0.05, 0) is 57.0 Å². The topological polar surface area (TPSA) is 58.2 Å². The van der Waals surface area contributed by atoms with Crippen LogP contribution in [0.2, 0.25) is 0 Å². The fraction of sp³-hybridized carbons (Fsp3) is 0.538. The summed E-state index contributed by atoms with van der Waals surface area (Å²) < 4.78 is 27.2. The first kappa shape index (κ1) is 13.5. The maximum atomic E-state index is 12.2. The van der Waals surface area contributed by atoms with Gasteiger partial charge in [-0.2, -0.15) is 0 Å². The van der Waals surface area contributed by atoms with Gasteiger partial charge in [0.25, 0.3) is 0 Å². The lowest BCUT2D eigenvalue weighted by atomic mass is 10.0. The highest BCUT2D eigenvalue weighted by Crippen LogP contribution is 2.16. The van der Waals surface area contributed by atoms with E-state index in [4.69, 9.17) is 0 Å². The zero-order valence-corrected chi connectivity index (χ0v) is 11.6. The first-order valence-electron chi connectivity index (χ1n) is 6.29. The van der Waals surface area contributed by atoms with Crippen molar-refractivity contribution in [3.8, 4) is 0 Å². The average molecular weight is 268 g/mol. The van der Waals surface area contributed by atoms with Gasteiger partial charge in [-0.1, -0.05) is 12.1 Å². The zero-order valence-electron chi connectivity index (χ0n) is 10.8. The molecule has 1 aromatic carbocycles.